The Hall–Kier alpha value is -3.93. The third-order valence-electron chi connectivity index (χ3n) is 6.84. The number of pyridine rings is 2. The highest BCUT2D eigenvalue weighted by atomic mass is 19.1. The van der Waals surface area contributed by atoms with Gasteiger partial charge in [-0.2, -0.15) is 0 Å². The number of aryl methyl sites for hydroxylation is 1. The fraction of sp³-hybridized carbons (Fsp3) is 0.417. The van der Waals surface area contributed by atoms with E-state index in [1.165, 1.54) is 30.1 Å². The Balaban J connectivity index is 1.78. The third-order valence-corrected chi connectivity index (χ3v) is 6.84. The van der Waals surface area contributed by atoms with Crippen LogP contribution >= 0.6 is 0 Å². The van der Waals surface area contributed by atoms with Crippen LogP contribution in [0.4, 0.5) is 10.2 Å². The Morgan fingerprint density at radius 1 is 1.25 bits per heavy atom. The number of aromatic nitrogens is 4. The van der Waals surface area contributed by atoms with Crippen LogP contribution in [0.1, 0.15) is 54.3 Å². The summed E-state index contributed by atoms with van der Waals surface area (Å²) in [6.07, 6.45) is 3.41. The van der Waals surface area contributed by atoms with Crippen LogP contribution in [0.2, 0.25) is 0 Å². The number of nitrogens with one attached hydrogen (secondary N) is 1. The Bertz CT molecular complexity index is 1400. The molecule has 1 unspecified atom stereocenters. The Labute approximate surface area is 205 Å². The molecule has 4 rings (SSSR count). The highest BCUT2D eigenvalue weighted by Crippen LogP contribution is 2.36. The maximum absolute atomic E-state index is 14.8. The van der Waals surface area contributed by atoms with Crippen LogP contribution in [-0.2, 0) is 22.2 Å². The summed E-state index contributed by atoms with van der Waals surface area (Å²) >= 11 is 0. The molecular formula is C24H27FN6O5. The first-order valence-corrected chi connectivity index (χ1v) is 11.4. The molecule has 1 fully saturated rings. The predicted molar refractivity (Wildman–Crippen MR) is 128 cm³/mol. The molecule has 190 valence electrons. The number of carboxylic acid groups (broad SMARTS) is 1. The van der Waals surface area contributed by atoms with Crippen molar-refractivity contribution in [1.29, 1.82) is 0 Å². The van der Waals surface area contributed by atoms with Crippen molar-refractivity contribution >= 4 is 28.7 Å². The van der Waals surface area contributed by atoms with E-state index in [1.807, 2.05) is 0 Å². The summed E-state index contributed by atoms with van der Waals surface area (Å²) < 4.78 is 22.1. The van der Waals surface area contributed by atoms with E-state index in [9.17, 15) is 23.9 Å². The van der Waals surface area contributed by atoms with Crippen molar-refractivity contribution < 1.29 is 23.8 Å². The molecule has 2 N–H and O–H groups in total. The first-order chi connectivity index (χ1) is 17.1. The summed E-state index contributed by atoms with van der Waals surface area (Å²) in [6, 6.07) is 2.40. The highest BCUT2D eigenvalue weighted by Gasteiger charge is 2.40. The zero-order valence-electron chi connectivity index (χ0n) is 20.4. The molecule has 1 saturated heterocycles. The average Bonchev–Trinajstić information content (AvgIpc) is 2.86. The molecule has 11 nitrogen and oxygen atoms in total. The van der Waals surface area contributed by atoms with Crippen LogP contribution in [0.3, 0.4) is 0 Å². The summed E-state index contributed by atoms with van der Waals surface area (Å²) in [5.74, 6) is -2.10. The van der Waals surface area contributed by atoms with Gasteiger partial charge in [-0.05, 0) is 31.9 Å². The number of nitrogens with zero attached hydrogens (tertiary/aromatic N) is 5. The van der Waals surface area contributed by atoms with Gasteiger partial charge in [0.2, 0.25) is 5.91 Å². The summed E-state index contributed by atoms with van der Waals surface area (Å²) in [6.45, 7) is 4.07. The number of anilines is 1. The predicted octanol–water partition coefficient (Wildman–Crippen LogP) is 2.22. The van der Waals surface area contributed by atoms with Crippen molar-refractivity contribution in [3.05, 3.63) is 57.6 Å². The molecule has 4 heterocycles. The van der Waals surface area contributed by atoms with Gasteiger partial charge in [0.05, 0.1) is 17.0 Å². The molecule has 12 heteroatoms. The molecule has 3 aromatic heterocycles. The van der Waals surface area contributed by atoms with Gasteiger partial charge in [0.15, 0.2) is 11.5 Å². The van der Waals surface area contributed by atoms with Crippen molar-refractivity contribution in [2.45, 2.75) is 38.3 Å². The fourth-order valence-corrected chi connectivity index (χ4v) is 4.70. The molecule has 0 aliphatic carbocycles. The van der Waals surface area contributed by atoms with Gasteiger partial charge in [-0.1, -0.05) is 0 Å². The van der Waals surface area contributed by atoms with Crippen molar-refractivity contribution in [2.75, 3.05) is 25.5 Å². The number of carboxylic acids is 1. The Kier molecular flexibility index (Phi) is 6.72. The zero-order valence-corrected chi connectivity index (χ0v) is 20.4. The van der Waals surface area contributed by atoms with Gasteiger partial charge in [-0.3, -0.25) is 14.2 Å². The lowest BCUT2D eigenvalue weighted by molar-refractivity contribution is -0.135. The van der Waals surface area contributed by atoms with Crippen molar-refractivity contribution in [3.8, 4) is 0 Å². The minimum Gasteiger partial charge on any atom is -0.476 e. The maximum atomic E-state index is 14.8. The molecule has 0 aromatic carbocycles. The molecule has 1 atom stereocenters. The van der Waals surface area contributed by atoms with Gasteiger partial charge in [0, 0.05) is 45.9 Å². The molecule has 0 radical (unpaired) electrons. The molecule has 1 aliphatic rings. The number of hydrogen-bond donors (Lipinski definition) is 2. The fourth-order valence-electron chi connectivity index (χ4n) is 4.70. The number of likely N-dealkylation sites (tertiary alicyclic amines) is 1. The number of carbonyl (C=O) groups is 2. The minimum absolute atomic E-state index is 0.0330. The lowest BCUT2D eigenvalue weighted by Crippen LogP contribution is -2.48. The van der Waals surface area contributed by atoms with Crippen LogP contribution in [0.25, 0.3) is 11.0 Å². The number of rotatable bonds is 6. The van der Waals surface area contributed by atoms with Gasteiger partial charge in [-0.25, -0.2) is 24.1 Å². The van der Waals surface area contributed by atoms with Crippen molar-refractivity contribution in [2.24, 2.45) is 7.05 Å². The second-order valence-electron chi connectivity index (χ2n) is 8.82. The standard InChI is InChI=1S/C24H27FN6O5/c1-13(15-5-8-26-19(18(15)25)23(34)35)29-20-16-11-17(22(33)30(3)21(16)28-12-27-20)24(36-4)6-9-31(10-7-24)14(2)32/h5,8,11-13H,6-7,9-10H2,1-4H3,(H,34,35)(H,27,28,29). The number of amides is 1. The van der Waals surface area contributed by atoms with E-state index in [0.29, 0.717) is 48.3 Å². The Morgan fingerprint density at radius 2 is 1.94 bits per heavy atom. The number of piperidine rings is 1. The number of aromatic carboxylic acids is 1. The number of hydrogen-bond acceptors (Lipinski definition) is 8. The molecule has 1 aliphatic heterocycles. The average molecular weight is 499 g/mol. The molecule has 3 aromatic rings. The topological polar surface area (TPSA) is 140 Å². The first kappa shape index (κ1) is 25.2. The van der Waals surface area contributed by atoms with E-state index >= 15 is 0 Å². The smallest absolute Gasteiger partial charge is 0.357 e. The lowest BCUT2D eigenvalue weighted by Gasteiger charge is -2.40. The van der Waals surface area contributed by atoms with Crippen LogP contribution in [0, 0.1) is 5.82 Å². The molecule has 0 bridgehead atoms. The monoisotopic (exact) mass is 498 g/mol. The maximum Gasteiger partial charge on any atom is 0.357 e. The van der Waals surface area contributed by atoms with E-state index < -0.39 is 29.1 Å². The van der Waals surface area contributed by atoms with Gasteiger partial charge >= 0.3 is 5.97 Å². The van der Waals surface area contributed by atoms with E-state index in [4.69, 9.17) is 4.74 Å². The SMILES string of the molecule is COC1(c2cc3c(NC(C)c4ccnc(C(=O)O)c4F)ncnc3n(C)c2=O)CCN(C(C)=O)CC1. The third kappa shape index (κ3) is 4.28. The quantitative estimate of drug-likeness (QED) is 0.523. The van der Waals surface area contributed by atoms with Crippen molar-refractivity contribution in [1.82, 2.24) is 24.4 Å². The summed E-state index contributed by atoms with van der Waals surface area (Å²) in [4.78, 5) is 50.4. The van der Waals surface area contributed by atoms with E-state index in [2.05, 4.69) is 20.3 Å². The van der Waals surface area contributed by atoms with Gasteiger partial charge in [0.25, 0.3) is 5.56 Å². The first-order valence-electron chi connectivity index (χ1n) is 11.4. The largest absolute Gasteiger partial charge is 0.476 e. The minimum atomic E-state index is -1.46. The number of fused-ring (bicyclic) bond motifs is 1. The highest BCUT2D eigenvalue weighted by molar-refractivity contribution is 5.88. The second kappa shape index (κ2) is 9.61. The van der Waals surface area contributed by atoms with E-state index in [-0.39, 0.29) is 17.0 Å². The molecule has 0 spiro atoms. The second-order valence-corrected chi connectivity index (χ2v) is 8.82. The summed E-state index contributed by atoms with van der Waals surface area (Å²) in [7, 11) is 3.14. The molecule has 36 heavy (non-hydrogen) atoms. The van der Waals surface area contributed by atoms with E-state index in [1.54, 1.807) is 32.0 Å². The number of methoxy groups -OCH3 is 1. The number of halogens is 1. The number of ether oxygens (including phenoxy) is 1. The zero-order chi connectivity index (χ0) is 26.2. The molecular weight excluding hydrogens is 471 g/mol. The summed E-state index contributed by atoms with van der Waals surface area (Å²) in [5, 5.41) is 12.8. The van der Waals surface area contributed by atoms with Crippen LogP contribution < -0.4 is 10.9 Å². The van der Waals surface area contributed by atoms with Gasteiger partial charge in [-0.15, -0.1) is 0 Å². The number of carbonyl (C=O) groups excluding carboxylic acids is 1. The van der Waals surface area contributed by atoms with Crippen LogP contribution in [0.5, 0.6) is 0 Å². The summed E-state index contributed by atoms with van der Waals surface area (Å²) in [5.41, 5.74) is -0.966. The van der Waals surface area contributed by atoms with Gasteiger partial charge < -0.3 is 20.1 Å². The molecule has 1 amide bonds. The Morgan fingerprint density at radius 3 is 2.56 bits per heavy atom. The van der Waals surface area contributed by atoms with Crippen molar-refractivity contribution in [3.63, 3.8) is 0 Å². The van der Waals surface area contributed by atoms with Gasteiger partial charge in [0.1, 0.15) is 23.4 Å². The van der Waals surface area contributed by atoms with Crippen LogP contribution in [0.15, 0.2) is 29.5 Å². The normalized spacial score (nSPS) is 16.1. The lowest BCUT2D eigenvalue weighted by atomic mass is 9.84. The molecule has 0 saturated carbocycles. The van der Waals surface area contributed by atoms with Crippen LogP contribution in [-0.4, -0.2) is 61.6 Å². The van der Waals surface area contributed by atoms with E-state index in [0.717, 1.165) is 0 Å².